The van der Waals surface area contributed by atoms with Gasteiger partial charge in [0.25, 0.3) is 5.91 Å². The molecule has 2 saturated heterocycles. The van der Waals surface area contributed by atoms with Gasteiger partial charge in [-0.2, -0.15) is 0 Å². The first-order valence-electron chi connectivity index (χ1n) is 11.2. The Balaban J connectivity index is 1.44. The minimum Gasteiger partial charge on any atom is -0.497 e. The second-order valence-corrected chi connectivity index (χ2v) is 8.36. The molecule has 2 aliphatic rings. The van der Waals surface area contributed by atoms with Gasteiger partial charge in [0.1, 0.15) is 5.75 Å². The Bertz CT molecular complexity index is 924. The molecule has 0 bridgehead atoms. The van der Waals surface area contributed by atoms with E-state index in [0.29, 0.717) is 25.1 Å². The first kappa shape index (κ1) is 21.4. The number of likely N-dealkylation sites (tertiary alicyclic amines) is 2. The van der Waals surface area contributed by atoms with Gasteiger partial charge in [0.15, 0.2) is 0 Å². The lowest BCUT2D eigenvalue weighted by molar-refractivity contribution is -0.128. The summed E-state index contributed by atoms with van der Waals surface area (Å²) in [6.45, 7) is 3.99. The highest BCUT2D eigenvalue weighted by Crippen LogP contribution is 2.27. The molecule has 0 aliphatic carbocycles. The zero-order chi connectivity index (χ0) is 21.6. The van der Waals surface area contributed by atoms with Crippen LogP contribution < -0.4 is 10.1 Å². The summed E-state index contributed by atoms with van der Waals surface area (Å²) in [7, 11) is 1.68. The van der Waals surface area contributed by atoms with Crippen molar-refractivity contribution in [1.29, 1.82) is 0 Å². The van der Waals surface area contributed by atoms with Gasteiger partial charge in [-0.3, -0.25) is 14.5 Å². The van der Waals surface area contributed by atoms with Gasteiger partial charge in [0.2, 0.25) is 5.91 Å². The number of ether oxygens (including phenoxy) is 1. The summed E-state index contributed by atoms with van der Waals surface area (Å²) >= 11 is 0. The van der Waals surface area contributed by atoms with E-state index in [1.165, 1.54) is 12.8 Å². The van der Waals surface area contributed by atoms with Crippen molar-refractivity contribution in [3.8, 4) is 5.75 Å². The molecule has 31 heavy (non-hydrogen) atoms. The summed E-state index contributed by atoms with van der Waals surface area (Å²) in [6.07, 6.45) is 3.92. The number of carbonyl (C=O) groups excluding carboxylic acids is 2. The predicted molar refractivity (Wildman–Crippen MR) is 120 cm³/mol. The van der Waals surface area contributed by atoms with Crippen molar-refractivity contribution in [2.75, 3.05) is 33.3 Å². The van der Waals surface area contributed by atoms with E-state index < -0.39 is 0 Å². The molecular weight excluding hydrogens is 390 g/mol. The topological polar surface area (TPSA) is 61.9 Å². The van der Waals surface area contributed by atoms with Crippen LogP contribution in [0.5, 0.6) is 5.75 Å². The Hall–Kier alpha value is -2.86. The molecule has 2 aromatic carbocycles. The summed E-state index contributed by atoms with van der Waals surface area (Å²) < 4.78 is 5.40. The van der Waals surface area contributed by atoms with Crippen LogP contribution in [0, 0.1) is 0 Å². The third kappa shape index (κ3) is 5.25. The molecule has 1 unspecified atom stereocenters. The first-order chi connectivity index (χ1) is 15.1. The molecule has 2 fully saturated rings. The van der Waals surface area contributed by atoms with Gasteiger partial charge in [0.05, 0.1) is 13.2 Å². The van der Waals surface area contributed by atoms with Crippen LogP contribution in [0.4, 0.5) is 0 Å². The van der Waals surface area contributed by atoms with E-state index in [0.717, 1.165) is 42.9 Å². The van der Waals surface area contributed by atoms with Gasteiger partial charge < -0.3 is 15.0 Å². The van der Waals surface area contributed by atoms with E-state index >= 15 is 0 Å². The first-order valence-corrected chi connectivity index (χ1v) is 11.2. The van der Waals surface area contributed by atoms with Gasteiger partial charge in [-0.05, 0) is 67.7 Å². The number of nitrogens with zero attached hydrogens (tertiary/aromatic N) is 2. The van der Waals surface area contributed by atoms with Gasteiger partial charge >= 0.3 is 0 Å². The number of hydrogen-bond donors (Lipinski definition) is 1. The van der Waals surface area contributed by atoms with Crippen LogP contribution >= 0.6 is 0 Å². The van der Waals surface area contributed by atoms with E-state index in [1.54, 1.807) is 7.11 Å². The van der Waals surface area contributed by atoms with Crippen molar-refractivity contribution in [3.63, 3.8) is 0 Å². The quantitative estimate of drug-likeness (QED) is 0.710. The summed E-state index contributed by atoms with van der Waals surface area (Å²) in [4.78, 5) is 29.2. The molecule has 6 heteroatoms. The van der Waals surface area contributed by atoms with Crippen LogP contribution in [-0.4, -0.2) is 54.9 Å². The molecule has 1 N–H and O–H groups in total. The number of amides is 2. The summed E-state index contributed by atoms with van der Waals surface area (Å²) in [5, 5.41) is 3.14. The van der Waals surface area contributed by atoms with Gasteiger partial charge in [-0.15, -0.1) is 0 Å². The molecule has 6 nitrogen and oxygen atoms in total. The molecule has 0 spiro atoms. The van der Waals surface area contributed by atoms with Crippen molar-refractivity contribution >= 4 is 11.8 Å². The summed E-state index contributed by atoms with van der Waals surface area (Å²) in [5.41, 5.74) is 2.78. The maximum atomic E-state index is 12.9. The lowest BCUT2D eigenvalue weighted by Crippen LogP contribution is -2.36. The van der Waals surface area contributed by atoms with Crippen LogP contribution in [0.1, 0.15) is 53.2 Å². The number of benzene rings is 2. The number of rotatable bonds is 8. The van der Waals surface area contributed by atoms with Crippen molar-refractivity contribution in [1.82, 2.24) is 15.1 Å². The number of hydrogen-bond acceptors (Lipinski definition) is 4. The molecule has 2 heterocycles. The third-order valence-corrected chi connectivity index (χ3v) is 6.25. The minimum atomic E-state index is -0.0818. The molecule has 2 aromatic rings. The Kier molecular flexibility index (Phi) is 6.87. The van der Waals surface area contributed by atoms with E-state index in [1.807, 2.05) is 41.3 Å². The molecule has 2 amide bonds. The summed E-state index contributed by atoms with van der Waals surface area (Å²) in [5.74, 6) is 0.945. The normalized spacial score (nSPS) is 17.7. The SMILES string of the molecule is COc1cccc(C(CNC(=O)c2cccc(CN3CCCC3=O)c2)N2CCCC2)c1. The molecule has 164 valence electrons. The number of methoxy groups -OCH3 is 1. The number of nitrogens with one attached hydrogen (secondary N) is 1. The third-order valence-electron chi connectivity index (χ3n) is 6.25. The van der Waals surface area contributed by atoms with Crippen molar-refractivity contribution in [2.45, 2.75) is 38.3 Å². The Morgan fingerprint density at radius 1 is 1.06 bits per heavy atom. The molecule has 4 rings (SSSR count). The monoisotopic (exact) mass is 421 g/mol. The highest BCUT2D eigenvalue weighted by Gasteiger charge is 2.25. The fraction of sp³-hybridized carbons (Fsp3) is 0.440. The minimum absolute atomic E-state index is 0.0818. The zero-order valence-electron chi connectivity index (χ0n) is 18.2. The fourth-order valence-corrected chi connectivity index (χ4v) is 4.55. The lowest BCUT2D eigenvalue weighted by atomic mass is 10.0. The maximum Gasteiger partial charge on any atom is 0.251 e. The average Bonchev–Trinajstić information content (AvgIpc) is 3.47. The van der Waals surface area contributed by atoms with Gasteiger partial charge in [-0.1, -0.05) is 24.3 Å². The molecular formula is C25H31N3O3. The Morgan fingerprint density at radius 2 is 1.87 bits per heavy atom. The molecule has 0 aromatic heterocycles. The highest BCUT2D eigenvalue weighted by atomic mass is 16.5. The van der Waals surface area contributed by atoms with Crippen LogP contribution in [0.2, 0.25) is 0 Å². The van der Waals surface area contributed by atoms with Crippen molar-refractivity contribution in [2.24, 2.45) is 0 Å². The maximum absolute atomic E-state index is 12.9. The Labute approximate surface area is 184 Å². The Morgan fingerprint density at radius 3 is 2.61 bits per heavy atom. The predicted octanol–water partition coefficient (Wildman–Crippen LogP) is 3.38. The van der Waals surface area contributed by atoms with Gasteiger partial charge in [0, 0.05) is 31.6 Å². The van der Waals surface area contributed by atoms with Crippen LogP contribution in [0.25, 0.3) is 0 Å². The largest absolute Gasteiger partial charge is 0.497 e. The van der Waals surface area contributed by atoms with Crippen LogP contribution in [0.15, 0.2) is 48.5 Å². The molecule has 0 saturated carbocycles. The molecule has 2 aliphatic heterocycles. The highest BCUT2D eigenvalue weighted by molar-refractivity contribution is 5.94. The van der Waals surface area contributed by atoms with E-state index in [4.69, 9.17) is 4.74 Å². The number of carbonyl (C=O) groups is 2. The fourth-order valence-electron chi connectivity index (χ4n) is 4.55. The van der Waals surface area contributed by atoms with Crippen LogP contribution in [-0.2, 0) is 11.3 Å². The van der Waals surface area contributed by atoms with Gasteiger partial charge in [-0.25, -0.2) is 0 Å². The molecule has 0 radical (unpaired) electrons. The van der Waals surface area contributed by atoms with E-state index in [9.17, 15) is 9.59 Å². The summed E-state index contributed by atoms with van der Waals surface area (Å²) in [6, 6.07) is 15.8. The van der Waals surface area contributed by atoms with E-state index in [2.05, 4.69) is 22.3 Å². The van der Waals surface area contributed by atoms with Crippen molar-refractivity contribution in [3.05, 3.63) is 65.2 Å². The second kappa shape index (κ2) is 9.96. The smallest absolute Gasteiger partial charge is 0.251 e. The van der Waals surface area contributed by atoms with E-state index in [-0.39, 0.29) is 17.9 Å². The average molecular weight is 422 g/mol. The standard InChI is InChI=1S/C25H31N3O3/c1-31-22-10-5-8-20(16-22)23(27-12-2-3-13-27)17-26-25(30)21-9-4-7-19(15-21)18-28-14-6-11-24(28)29/h4-5,7-10,15-16,23H,2-3,6,11-14,17-18H2,1H3,(H,26,30). The van der Waals surface area contributed by atoms with Crippen molar-refractivity contribution < 1.29 is 14.3 Å². The lowest BCUT2D eigenvalue weighted by Gasteiger charge is -2.28. The molecule has 1 atom stereocenters. The zero-order valence-corrected chi connectivity index (χ0v) is 18.2. The van der Waals surface area contributed by atoms with Crippen LogP contribution in [0.3, 0.4) is 0 Å². The second-order valence-electron chi connectivity index (χ2n) is 8.36.